The fraction of sp³-hybridized carbons (Fsp3) is 0.231. The molecule has 2 heterocycles. The zero-order valence-corrected chi connectivity index (χ0v) is 9.81. The first kappa shape index (κ1) is 11.1. The minimum Gasteiger partial charge on any atom is -0.309 e. The first-order valence-electron chi connectivity index (χ1n) is 5.98. The number of fused-ring (bicyclic) bond motifs is 1. The molecule has 0 aliphatic carbocycles. The van der Waals surface area contributed by atoms with Crippen LogP contribution in [0.25, 0.3) is 10.9 Å². The van der Waals surface area contributed by atoms with Gasteiger partial charge in [0.05, 0.1) is 5.52 Å². The van der Waals surface area contributed by atoms with Gasteiger partial charge in [-0.05, 0) is 24.6 Å². The van der Waals surface area contributed by atoms with E-state index in [2.05, 4.69) is 21.2 Å². The number of hydrazine groups is 1. The van der Waals surface area contributed by atoms with Crippen molar-refractivity contribution in [1.29, 1.82) is 0 Å². The van der Waals surface area contributed by atoms with E-state index in [9.17, 15) is 4.79 Å². The number of pyridine rings is 1. The van der Waals surface area contributed by atoms with E-state index in [1.807, 2.05) is 36.4 Å². The number of carbonyl (C=O) groups is 1. The Balaban J connectivity index is 1.79. The molecule has 1 fully saturated rings. The standard InChI is InChI=1S/C13H14N4O/c18-13(11-7-8-14-17-11)16-12-6-5-9-3-1-2-4-10(9)15-12/h1-6,11,14,17H,7-8H2,(H,15,16,18). The molecule has 0 saturated carbocycles. The second-order valence-electron chi connectivity index (χ2n) is 4.29. The van der Waals surface area contributed by atoms with Crippen molar-refractivity contribution in [2.75, 3.05) is 11.9 Å². The fourth-order valence-corrected chi connectivity index (χ4v) is 2.03. The molecule has 1 saturated heterocycles. The van der Waals surface area contributed by atoms with Crippen molar-refractivity contribution in [3.05, 3.63) is 36.4 Å². The van der Waals surface area contributed by atoms with Crippen molar-refractivity contribution in [2.24, 2.45) is 0 Å². The van der Waals surface area contributed by atoms with Crippen LogP contribution in [0.2, 0.25) is 0 Å². The Kier molecular flexibility index (Phi) is 2.92. The summed E-state index contributed by atoms with van der Waals surface area (Å²) in [6, 6.07) is 11.4. The number of nitrogens with one attached hydrogen (secondary N) is 3. The Morgan fingerprint density at radius 3 is 3.00 bits per heavy atom. The average Bonchev–Trinajstić information content (AvgIpc) is 2.92. The van der Waals surface area contributed by atoms with Crippen LogP contribution in [-0.4, -0.2) is 23.5 Å². The number of hydrogen-bond donors (Lipinski definition) is 3. The van der Waals surface area contributed by atoms with Gasteiger partial charge in [-0.3, -0.25) is 10.2 Å². The number of anilines is 1. The number of benzene rings is 1. The van der Waals surface area contributed by atoms with E-state index < -0.39 is 0 Å². The maximum atomic E-state index is 11.9. The zero-order valence-electron chi connectivity index (χ0n) is 9.81. The topological polar surface area (TPSA) is 66.0 Å². The highest BCUT2D eigenvalue weighted by Crippen LogP contribution is 2.14. The molecule has 1 atom stereocenters. The van der Waals surface area contributed by atoms with Gasteiger partial charge in [-0.2, -0.15) is 0 Å². The fourth-order valence-electron chi connectivity index (χ4n) is 2.03. The Bertz CT molecular complexity index is 578. The Morgan fingerprint density at radius 1 is 1.28 bits per heavy atom. The predicted octanol–water partition coefficient (Wildman–Crippen LogP) is 1.04. The van der Waals surface area contributed by atoms with Crippen LogP contribution in [0.15, 0.2) is 36.4 Å². The van der Waals surface area contributed by atoms with Gasteiger partial charge < -0.3 is 5.32 Å². The molecule has 1 unspecified atom stereocenters. The number of amides is 1. The monoisotopic (exact) mass is 242 g/mol. The van der Waals surface area contributed by atoms with E-state index in [4.69, 9.17) is 0 Å². The van der Waals surface area contributed by atoms with Gasteiger partial charge in [-0.1, -0.05) is 18.2 Å². The molecular formula is C13H14N4O. The lowest BCUT2D eigenvalue weighted by Crippen LogP contribution is -2.39. The van der Waals surface area contributed by atoms with Crippen LogP contribution in [0.1, 0.15) is 6.42 Å². The van der Waals surface area contributed by atoms with Gasteiger partial charge in [0.25, 0.3) is 0 Å². The second-order valence-corrected chi connectivity index (χ2v) is 4.29. The highest BCUT2D eigenvalue weighted by atomic mass is 16.2. The summed E-state index contributed by atoms with van der Waals surface area (Å²) in [5.41, 5.74) is 6.74. The molecule has 2 aromatic rings. The molecule has 1 amide bonds. The summed E-state index contributed by atoms with van der Waals surface area (Å²) in [5.74, 6) is 0.537. The third kappa shape index (κ3) is 2.18. The molecule has 1 aliphatic rings. The quantitative estimate of drug-likeness (QED) is 0.736. The van der Waals surface area contributed by atoms with Gasteiger partial charge in [0.1, 0.15) is 11.9 Å². The minimum atomic E-state index is -0.182. The number of aromatic nitrogens is 1. The summed E-state index contributed by atoms with van der Waals surface area (Å²) < 4.78 is 0. The Hall–Kier alpha value is -1.98. The normalized spacial score (nSPS) is 19.0. The van der Waals surface area contributed by atoms with Crippen LogP contribution in [0, 0.1) is 0 Å². The predicted molar refractivity (Wildman–Crippen MR) is 69.9 cm³/mol. The van der Waals surface area contributed by atoms with Crippen LogP contribution < -0.4 is 16.2 Å². The minimum absolute atomic E-state index is 0.0530. The average molecular weight is 242 g/mol. The van der Waals surface area contributed by atoms with Crippen LogP contribution >= 0.6 is 0 Å². The van der Waals surface area contributed by atoms with Crippen molar-refractivity contribution >= 4 is 22.6 Å². The van der Waals surface area contributed by atoms with E-state index in [0.717, 1.165) is 23.9 Å². The van der Waals surface area contributed by atoms with E-state index in [1.165, 1.54) is 0 Å². The third-order valence-corrected chi connectivity index (χ3v) is 3.00. The number of para-hydroxylation sites is 1. The van der Waals surface area contributed by atoms with E-state index in [-0.39, 0.29) is 11.9 Å². The number of carbonyl (C=O) groups excluding carboxylic acids is 1. The van der Waals surface area contributed by atoms with Gasteiger partial charge >= 0.3 is 0 Å². The summed E-state index contributed by atoms with van der Waals surface area (Å²) in [4.78, 5) is 16.3. The lowest BCUT2D eigenvalue weighted by Gasteiger charge is -2.10. The molecule has 0 spiro atoms. The molecule has 0 radical (unpaired) electrons. The molecule has 3 rings (SSSR count). The molecule has 92 valence electrons. The van der Waals surface area contributed by atoms with Crippen molar-refractivity contribution in [3.63, 3.8) is 0 Å². The maximum absolute atomic E-state index is 11.9. The summed E-state index contributed by atoms with van der Waals surface area (Å²) in [6.45, 7) is 0.809. The molecule has 1 aromatic heterocycles. The highest BCUT2D eigenvalue weighted by molar-refractivity contribution is 5.95. The highest BCUT2D eigenvalue weighted by Gasteiger charge is 2.22. The summed E-state index contributed by atoms with van der Waals surface area (Å²) in [5, 5.41) is 3.89. The van der Waals surface area contributed by atoms with Crippen molar-refractivity contribution < 1.29 is 4.79 Å². The van der Waals surface area contributed by atoms with E-state index in [0.29, 0.717) is 5.82 Å². The van der Waals surface area contributed by atoms with Crippen molar-refractivity contribution in [1.82, 2.24) is 15.8 Å². The summed E-state index contributed by atoms with van der Waals surface area (Å²) >= 11 is 0. The number of nitrogens with zero attached hydrogens (tertiary/aromatic N) is 1. The first-order valence-corrected chi connectivity index (χ1v) is 5.98. The number of rotatable bonds is 2. The Labute approximate surface area is 105 Å². The van der Waals surface area contributed by atoms with Crippen LogP contribution in [0.5, 0.6) is 0 Å². The molecule has 18 heavy (non-hydrogen) atoms. The maximum Gasteiger partial charge on any atom is 0.244 e. The smallest absolute Gasteiger partial charge is 0.244 e. The van der Waals surface area contributed by atoms with Gasteiger partial charge in [0.15, 0.2) is 0 Å². The number of hydrogen-bond acceptors (Lipinski definition) is 4. The molecule has 3 N–H and O–H groups in total. The summed E-state index contributed by atoms with van der Waals surface area (Å²) in [6.07, 6.45) is 0.791. The van der Waals surface area contributed by atoms with E-state index >= 15 is 0 Å². The van der Waals surface area contributed by atoms with Crippen molar-refractivity contribution in [2.45, 2.75) is 12.5 Å². The van der Waals surface area contributed by atoms with Gasteiger partial charge in [0.2, 0.25) is 5.91 Å². The molecule has 1 aromatic carbocycles. The summed E-state index contributed by atoms with van der Waals surface area (Å²) in [7, 11) is 0. The van der Waals surface area contributed by atoms with Crippen LogP contribution in [0.4, 0.5) is 5.82 Å². The van der Waals surface area contributed by atoms with Gasteiger partial charge in [0, 0.05) is 11.9 Å². The third-order valence-electron chi connectivity index (χ3n) is 3.00. The first-order chi connectivity index (χ1) is 8.83. The Morgan fingerprint density at radius 2 is 2.17 bits per heavy atom. The SMILES string of the molecule is O=C(Nc1ccc2ccccc2n1)C1CCNN1. The van der Waals surface area contributed by atoms with Gasteiger partial charge in [-0.15, -0.1) is 0 Å². The largest absolute Gasteiger partial charge is 0.309 e. The van der Waals surface area contributed by atoms with E-state index in [1.54, 1.807) is 0 Å². The molecule has 1 aliphatic heterocycles. The second kappa shape index (κ2) is 4.72. The molecular weight excluding hydrogens is 228 g/mol. The van der Waals surface area contributed by atoms with Crippen LogP contribution in [-0.2, 0) is 4.79 Å². The van der Waals surface area contributed by atoms with Crippen molar-refractivity contribution in [3.8, 4) is 0 Å². The zero-order chi connectivity index (χ0) is 12.4. The lowest BCUT2D eigenvalue weighted by molar-refractivity contribution is -0.117. The molecule has 5 heteroatoms. The van der Waals surface area contributed by atoms with Crippen LogP contribution in [0.3, 0.4) is 0 Å². The van der Waals surface area contributed by atoms with Gasteiger partial charge in [-0.25, -0.2) is 10.4 Å². The lowest BCUT2D eigenvalue weighted by atomic mass is 10.2. The molecule has 5 nitrogen and oxygen atoms in total. The molecule has 0 bridgehead atoms.